The van der Waals surface area contributed by atoms with Gasteiger partial charge in [0.05, 0.1) is 19.1 Å². The maximum atomic E-state index is 12.8. The molecular formula is C21H26N2O6S. The molecule has 8 nitrogen and oxygen atoms in total. The van der Waals surface area contributed by atoms with Crippen molar-refractivity contribution in [3.8, 4) is 11.5 Å². The van der Waals surface area contributed by atoms with E-state index in [0.717, 1.165) is 35.9 Å². The van der Waals surface area contributed by atoms with Crippen LogP contribution < -0.4 is 9.47 Å². The Bertz CT molecular complexity index is 854. The zero-order valence-corrected chi connectivity index (χ0v) is 17.9. The Morgan fingerprint density at radius 2 is 2.07 bits per heavy atom. The molecule has 0 aliphatic carbocycles. The summed E-state index contributed by atoms with van der Waals surface area (Å²) in [6.45, 7) is 0.296. The summed E-state index contributed by atoms with van der Waals surface area (Å²) in [5.41, 5.74) is 0.633. The molecule has 162 valence electrons. The Balaban J connectivity index is 1.75. The number of carbonyl (C=O) groups excluding carboxylic acids is 3. The van der Waals surface area contributed by atoms with E-state index in [-0.39, 0.29) is 30.0 Å². The summed E-state index contributed by atoms with van der Waals surface area (Å²) in [6, 6.07) is 5.12. The van der Waals surface area contributed by atoms with Gasteiger partial charge in [0, 0.05) is 30.8 Å². The third-order valence-corrected chi connectivity index (χ3v) is 6.21. The zero-order chi connectivity index (χ0) is 21.7. The van der Waals surface area contributed by atoms with Gasteiger partial charge in [0.2, 0.25) is 5.91 Å². The number of ether oxygens (including phenoxy) is 2. The van der Waals surface area contributed by atoms with Crippen molar-refractivity contribution in [3.63, 3.8) is 0 Å². The molecule has 30 heavy (non-hydrogen) atoms. The lowest BCUT2D eigenvalue weighted by Gasteiger charge is -2.36. The number of aliphatic hydroxyl groups excluding tert-OH is 1. The van der Waals surface area contributed by atoms with Crippen molar-refractivity contribution in [2.24, 2.45) is 0 Å². The van der Waals surface area contributed by atoms with Gasteiger partial charge in [0.15, 0.2) is 0 Å². The van der Waals surface area contributed by atoms with Crippen LogP contribution in [0.1, 0.15) is 31.2 Å². The maximum absolute atomic E-state index is 12.8. The van der Waals surface area contributed by atoms with Crippen LogP contribution in [0.3, 0.4) is 0 Å². The summed E-state index contributed by atoms with van der Waals surface area (Å²) in [5, 5.41) is 8.78. The summed E-state index contributed by atoms with van der Waals surface area (Å²) in [5.74, 6) is 0.365. The minimum Gasteiger partial charge on any atom is -0.497 e. The molecule has 0 spiro atoms. The second kappa shape index (κ2) is 9.99. The molecule has 2 fully saturated rings. The monoisotopic (exact) mass is 434 g/mol. The van der Waals surface area contributed by atoms with Gasteiger partial charge in [0.1, 0.15) is 18.0 Å². The molecule has 0 unspecified atom stereocenters. The zero-order valence-electron chi connectivity index (χ0n) is 17.1. The highest BCUT2D eigenvalue weighted by atomic mass is 32.2. The number of nitrogens with zero attached hydrogens (tertiary/aromatic N) is 2. The second-order valence-corrected chi connectivity index (χ2v) is 8.12. The van der Waals surface area contributed by atoms with Crippen LogP contribution in [0.4, 0.5) is 4.79 Å². The van der Waals surface area contributed by atoms with E-state index in [1.807, 2.05) is 0 Å². The molecule has 2 saturated heterocycles. The normalized spacial score (nSPS) is 20.8. The van der Waals surface area contributed by atoms with Gasteiger partial charge in [-0.25, -0.2) is 0 Å². The van der Waals surface area contributed by atoms with Crippen molar-refractivity contribution in [1.82, 2.24) is 9.80 Å². The highest BCUT2D eigenvalue weighted by Gasteiger charge is 2.38. The van der Waals surface area contributed by atoms with E-state index in [9.17, 15) is 19.5 Å². The van der Waals surface area contributed by atoms with E-state index >= 15 is 0 Å². The first-order valence-electron chi connectivity index (χ1n) is 9.86. The molecule has 0 bridgehead atoms. The molecule has 1 aromatic carbocycles. The van der Waals surface area contributed by atoms with Crippen molar-refractivity contribution in [2.45, 2.75) is 31.7 Å². The molecule has 0 saturated carbocycles. The van der Waals surface area contributed by atoms with Gasteiger partial charge in [-0.15, -0.1) is 0 Å². The summed E-state index contributed by atoms with van der Waals surface area (Å²) in [7, 11) is 3.06. The molecule has 2 heterocycles. The molecule has 1 N–H and O–H groups in total. The topological polar surface area (TPSA) is 96.4 Å². The van der Waals surface area contributed by atoms with Crippen LogP contribution >= 0.6 is 11.8 Å². The molecule has 2 aliphatic heterocycles. The number of imide groups is 1. The van der Waals surface area contributed by atoms with Crippen LogP contribution in [-0.4, -0.2) is 71.9 Å². The molecule has 1 atom stereocenters. The number of methoxy groups -OCH3 is 2. The summed E-state index contributed by atoms with van der Waals surface area (Å²) < 4.78 is 10.5. The average Bonchev–Trinajstić information content (AvgIpc) is 3.02. The molecular weight excluding hydrogens is 408 g/mol. The van der Waals surface area contributed by atoms with Crippen LogP contribution in [0.5, 0.6) is 11.5 Å². The minimum absolute atomic E-state index is 0.00243. The van der Waals surface area contributed by atoms with Crippen LogP contribution in [0.25, 0.3) is 6.08 Å². The summed E-state index contributed by atoms with van der Waals surface area (Å²) >= 11 is 0.806. The van der Waals surface area contributed by atoms with Crippen LogP contribution in [0, 0.1) is 0 Å². The first-order valence-corrected chi connectivity index (χ1v) is 10.7. The van der Waals surface area contributed by atoms with Crippen LogP contribution in [0.15, 0.2) is 23.1 Å². The number of hydrogen-bond acceptors (Lipinski definition) is 7. The van der Waals surface area contributed by atoms with Gasteiger partial charge in [-0.1, -0.05) is 0 Å². The predicted molar refractivity (Wildman–Crippen MR) is 113 cm³/mol. The number of benzene rings is 1. The first-order chi connectivity index (χ1) is 14.5. The third-order valence-electron chi connectivity index (χ3n) is 5.30. The van der Waals surface area contributed by atoms with Crippen molar-refractivity contribution in [3.05, 3.63) is 28.7 Å². The smallest absolute Gasteiger partial charge is 0.294 e. The quantitative estimate of drug-likeness (QED) is 0.659. The van der Waals surface area contributed by atoms with Gasteiger partial charge in [-0.2, -0.15) is 0 Å². The number of aliphatic hydroxyl groups is 1. The fourth-order valence-corrected chi connectivity index (χ4v) is 4.55. The highest BCUT2D eigenvalue weighted by Crippen LogP contribution is 2.35. The van der Waals surface area contributed by atoms with E-state index in [1.54, 1.807) is 36.3 Å². The van der Waals surface area contributed by atoms with E-state index in [4.69, 9.17) is 9.47 Å². The van der Waals surface area contributed by atoms with E-state index in [1.165, 1.54) is 7.11 Å². The Morgan fingerprint density at radius 1 is 1.27 bits per heavy atom. The largest absolute Gasteiger partial charge is 0.497 e. The van der Waals surface area contributed by atoms with Gasteiger partial charge in [0.25, 0.3) is 11.1 Å². The molecule has 9 heteroatoms. The molecule has 0 radical (unpaired) electrons. The standard InChI is InChI=1S/C21H26N2O6S/c1-28-16-7-6-14(17(12-16)29-2)11-18-20(26)23(21(27)30-18)13-19(25)22-9-4-3-5-15(22)8-10-24/h6-7,11-12,15,24H,3-5,8-10,13H2,1-2H3/b18-11-/t15-/m0/s1. The number of likely N-dealkylation sites (tertiary alicyclic amines) is 1. The first kappa shape index (κ1) is 22.2. The van der Waals surface area contributed by atoms with Crippen LogP contribution in [-0.2, 0) is 9.59 Å². The van der Waals surface area contributed by atoms with E-state index in [0.29, 0.717) is 30.0 Å². The number of rotatable bonds is 7. The fourth-order valence-electron chi connectivity index (χ4n) is 3.72. The fraction of sp³-hybridized carbons (Fsp3) is 0.476. The molecule has 3 amide bonds. The number of thioether (sulfide) groups is 1. The van der Waals surface area contributed by atoms with Gasteiger partial charge in [-0.3, -0.25) is 19.3 Å². The maximum Gasteiger partial charge on any atom is 0.294 e. The van der Waals surface area contributed by atoms with E-state index in [2.05, 4.69) is 0 Å². The summed E-state index contributed by atoms with van der Waals surface area (Å²) in [4.78, 5) is 41.0. The van der Waals surface area contributed by atoms with E-state index < -0.39 is 11.1 Å². The number of carbonyl (C=O) groups is 3. The van der Waals surface area contributed by atoms with Gasteiger partial charge >= 0.3 is 0 Å². The Kier molecular flexibility index (Phi) is 7.38. The van der Waals surface area contributed by atoms with Crippen LogP contribution in [0.2, 0.25) is 0 Å². The number of hydrogen-bond donors (Lipinski definition) is 1. The Hall–Kier alpha value is -2.52. The number of amides is 3. The lowest BCUT2D eigenvalue weighted by atomic mass is 9.99. The molecule has 3 rings (SSSR count). The molecule has 0 aromatic heterocycles. The lowest BCUT2D eigenvalue weighted by molar-refractivity contribution is -0.139. The predicted octanol–water partition coefficient (Wildman–Crippen LogP) is 2.50. The van der Waals surface area contributed by atoms with Crippen molar-refractivity contribution in [2.75, 3.05) is 33.9 Å². The lowest BCUT2D eigenvalue weighted by Crippen LogP contribution is -2.49. The summed E-state index contributed by atoms with van der Waals surface area (Å²) in [6.07, 6.45) is 4.80. The van der Waals surface area contributed by atoms with Gasteiger partial charge < -0.3 is 19.5 Å². The van der Waals surface area contributed by atoms with Crippen molar-refractivity contribution in [1.29, 1.82) is 0 Å². The second-order valence-electron chi connectivity index (χ2n) is 7.12. The third kappa shape index (κ3) is 4.79. The Morgan fingerprint density at radius 3 is 2.77 bits per heavy atom. The molecule has 1 aromatic rings. The van der Waals surface area contributed by atoms with Crippen molar-refractivity contribution < 1.29 is 29.0 Å². The number of piperidine rings is 1. The minimum atomic E-state index is -0.494. The highest BCUT2D eigenvalue weighted by molar-refractivity contribution is 8.18. The SMILES string of the molecule is COc1ccc(/C=C2\SC(=O)N(CC(=O)N3CCCC[C@H]3CCO)C2=O)c(OC)c1. The average molecular weight is 435 g/mol. The Labute approximate surface area is 179 Å². The van der Waals surface area contributed by atoms with Gasteiger partial charge in [-0.05, 0) is 55.7 Å². The molecule has 2 aliphatic rings. The van der Waals surface area contributed by atoms with Crippen molar-refractivity contribution >= 4 is 34.9 Å².